The Bertz CT molecular complexity index is 473. The van der Waals surface area contributed by atoms with Gasteiger partial charge in [-0.3, -0.25) is 4.79 Å². The lowest BCUT2D eigenvalue weighted by atomic mass is 9.94. The van der Waals surface area contributed by atoms with E-state index in [0.29, 0.717) is 12.5 Å². The number of benzene rings is 1. The lowest BCUT2D eigenvalue weighted by Crippen LogP contribution is -2.33. The van der Waals surface area contributed by atoms with Crippen molar-refractivity contribution in [3.05, 3.63) is 35.4 Å². The van der Waals surface area contributed by atoms with Gasteiger partial charge in [0.05, 0.1) is 5.56 Å². The van der Waals surface area contributed by atoms with Crippen molar-refractivity contribution in [2.24, 2.45) is 5.92 Å². The molecule has 1 saturated heterocycles. The molecule has 1 aromatic carbocycles. The minimum atomic E-state index is -1.06. The average molecular weight is 282 g/mol. The Morgan fingerprint density at radius 1 is 1.35 bits per heavy atom. The predicted molar refractivity (Wildman–Crippen MR) is 73.5 cm³/mol. The van der Waals surface area contributed by atoms with Gasteiger partial charge in [-0.2, -0.15) is 0 Å². The molecule has 0 aliphatic carbocycles. The van der Waals surface area contributed by atoms with E-state index in [1.54, 1.807) is 7.05 Å². The Morgan fingerprint density at radius 2 is 2.05 bits per heavy atom. The van der Waals surface area contributed by atoms with Crippen LogP contribution in [0, 0.1) is 17.6 Å². The maximum absolute atomic E-state index is 13.6. The molecule has 20 heavy (non-hydrogen) atoms. The number of nitrogens with zero attached hydrogens (tertiary/aromatic N) is 1. The highest BCUT2D eigenvalue weighted by molar-refractivity contribution is 5.94. The van der Waals surface area contributed by atoms with E-state index in [4.69, 9.17) is 0 Å². The second kappa shape index (κ2) is 6.79. The Balaban J connectivity index is 1.92. The van der Waals surface area contributed by atoms with Gasteiger partial charge in [0.2, 0.25) is 0 Å². The lowest BCUT2D eigenvalue weighted by Gasteiger charge is -2.25. The molecule has 2 rings (SSSR count). The van der Waals surface area contributed by atoms with Crippen LogP contribution in [0.25, 0.3) is 0 Å². The highest BCUT2D eigenvalue weighted by Gasteiger charge is 2.20. The van der Waals surface area contributed by atoms with Crippen LogP contribution in [0.15, 0.2) is 18.2 Å². The van der Waals surface area contributed by atoms with Crippen LogP contribution >= 0.6 is 0 Å². The zero-order chi connectivity index (χ0) is 14.5. The Kier molecular flexibility index (Phi) is 5.06. The molecule has 1 N–H and O–H groups in total. The smallest absolute Gasteiger partial charge is 0.256 e. The third kappa shape index (κ3) is 3.54. The van der Waals surface area contributed by atoms with Crippen LogP contribution < -0.4 is 5.32 Å². The quantitative estimate of drug-likeness (QED) is 0.920. The molecular formula is C15H20F2N2O. The summed E-state index contributed by atoms with van der Waals surface area (Å²) in [7, 11) is 1.63. The predicted octanol–water partition coefficient (Wildman–Crippen LogP) is 2.43. The van der Waals surface area contributed by atoms with Gasteiger partial charge in [-0.25, -0.2) is 8.78 Å². The molecule has 1 aliphatic rings. The van der Waals surface area contributed by atoms with Gasteiger partial charge in [0, 0.05) is 13.6 Å². The van der Waals surface area contributed by atoms with Gasteiger partial charge in [0.1, 0.15) is 0 Å². The molecule has 0 aromatic heterocycles. The van der Waals surface area contributed by atoms with Crippen molar-refractivity contribution in [1.29, 1.82) is 0 Å². The van der Waals surface area contributed by atoms with E-state index < -0.39 is 17.5 Å². The third-order valence-electron chi connectivity index (χ3n) is 3.86. The SMILES string of the molecule is CN(CCC1CCNCC1)C(=O)c1cccc(F)c1F. The largest absolute Gasteiger partial charge is 0.342 e. The van der Waals surface area contributed by atoms with Gasteiger partial charge in [0.15, 0.2) is 11.6 Å². The van der Waals surface area contributed by atoms with E-state index in [-0.39, 0.29) is 5.56 Å². The summed E-state index contributed by atoms with van der Waals surface area (Å²) in [5.74, 6) is -1.91. The van der Waals surface area contributed by atoms with Crippen molar-refractivity contribution >= 4 is 5.91 Å². The van der Waals surface area contributed by atoms with Gasteiger partial charge < -0.3 is 10.2 Å². The molecule has 0 saturated carbocycles. The van der Waals surface area contributed by atoms with E-state index in [0.717, 1.165) is 38.4 Å². The fraction of sp³-hybridized carbons (Fsp3) is 0.533. The summed E-state index contributed by atoms with van der Waals surface area (Å²) in [4.78, 5) is 13.6. The van der Waals surface area contributed by atoms with E-state index in [1.165, 1.54) is 17.0 Å². The van der Waals surface area contributed by atoms with Gasteiger partial charge in [-0.05, 0) is 50.4 Å². The lowest BCUT2D eigenvalue weighted by molar-refractivity contribution is 0.0778. The van der Waals surface area contributed by atoms with Gasteiger partial charge in [-0.1, -0.05) is 6.07 Å². The molecule has 3 nitrogen and oxygen atoms in total. The van der Waals surface area contributed by atoms with Crippen molar-refractivity contribution in [2.45, 2.75) is 19.3 Å². The summed E-state index contributed by atoms with van der Waals surface area (Å²) < 4.78 is 26.7. The molecule has 110 valence electrons. The summed E-state index contributed by atoms with van der Waals surface area (Å²) in [6.07, 6.45) is 3.12. The van der Waals surface area contributed by atoms with Crippen molar-refractivity contribution in [3.8, 4) is 0 Å². The molecule has 1 fully saturated rings. The van der Waals surface area contributed by atoms with Gasteiger partial charge >= 0.3 is 0 Å². The van der Waals surface area contributed by atoms with Crippen LogP contribution in [0.3, 0.4) is 0 Å². The monoisotopic (exact) mass is 282 g/mol. The molecular weight excluding hydrogens is 262 g/mol. The minimum Gasteiger partial charge on any atom is -0.342 e. The van der Waals surface area contributed by atoms with Gasteiger partial charge in [-0.15, -0.1) is 0 Å². The Hall–Kier alpha value is -1.49. The topological polar surface area (TPSA) is 32.3 Å². The van der Waals surface area contributed by atoms with Crippen molar-refractivity contribution in [2.75, 3.05) is 26.7 Å². The van der Waals surface area contributed by atoms with Crippen molar-refractivity contribution < 1.29 is 13.6 Å². The normalized spacial score (nSPS) is 16.1. The van der Waals surface area contributed by atoms with Crippen LogP contribution in [-0.2, 0) is 0 Å². The maximum atomic E-state index is 13.6. The fourth-order valence-corrected chi connectivity index (χ4v) is 2.52. The second-order valence-electron chi connectivity index (χ2n) is 5.31. The van der Waals surface area contributed by atoms with Crippen LogP contribution in [0.4, 0.5) is 8.78 Å². The second-order valence-corrected chi connectivity index (χ2v) is 5.31. The molecule has 0 unspecified atom stereocenters. The first-order valence-corrected chi connectivity index (χ1v) is 7.00. The van der Waals surface area contributed by atoms with Crippen molar-refractivity contribution in [3.63, 3.8) is 0 Å². The van der Waals surface area contributed by atoms with Crippen LogP contribution in [0.2, 0.25) is 0 Å². The Labute approximate surface area is 118 Å². The molecule has 0 spiro atoms. The zero-order valence-electron chi connectivity index (χ0n) is 11.7. The number of nitrogens with one attached hydrogen (secondary N) is 1. The van der Waals surface area contributed by atoms with Crippen molar-refractivity contribution in [1.82, 2.24) is 10.2 Å². The molecule has 1 aliphatic heterocycles. The summed E-state index contributed by atoms with van der Waals surface area (Å²) in [5, 5.41) is 3.29. The average Bonchev–Trinajstić information content (AvgIpc) is 2.48. The number of carbonyl (C=O) groups is 1. The molecule has 1 heterocycles. The van der Waals surface area contributed by atoms with Crippen LogP contribution in [0.5, 0.6) is 0 Å². The molecule has 1 aromatic rings. The summed E-state index contributed by atoms with van der Waals surface area (Å²) >= 11 is 0. The fourth-order valence-electron chi connectivity index (χ4n) is 2.52. The summed E-state index contributed by atoms with van der Waals surface area (Å²) in [5.41, 5.74) is -0.196. The molecule has 0 bridgehead atoms. The van der Waals surface area contributed by atoms with Crippen LogP contribution in [-0.4, -0.2) is 37.5 Å². The number of halogens is 2. The van der Waals surface area contributed by atoms with E-state index >= 15 is 0 Å². The number of rotatable bonds is 4. The molecule has 5 heteroatoms. The highest BCUT2D eigenvalue weighted by atomic mass is 19.2. The molecule has 0 atom stereocenters. The van der Waals surface area contributed by atoms with Crippen LogP contribution in [0.1, 0.15) is 29.6 Å². The summed E-state index contributed by atoms with van der Waals surface area (Å²) in [6.45, 7) is 2.60. The number of piperidine rings is 1. The van der Waals surface area contributed by atoms with Gasteiger partial charge in [0.25, 0.3) is 5.91 Å². The Morgan fingerprint density at radius 3 is 2.75 bits per heavy atom. The summed E-state index contributed by atoms with van der Waals surface area (Å²) in [6, 6.07) is 3.69. The zero-order valence-corrected chi connectivity index (χ0v) is 11.7. The first kappa shape index (κ1) is 14.9. The number of hydrogen-bond acceptors (Lipinski definition) is 2. The standard InChI is InChI=1S/C15H20F2N2O/c1-19(10-7-11-5-8-18-9-6-11)15(20)12-3-2-4-13(16)14(12)17/h2-4,11,18H,5-10H2,1H3. The first-order valence-electron chi connectivity index (χ1n) is 7.00. The highest BCUT2D eigenvalue weighted by Crippen LogP contribution is 2.18. The van der Waals surface area contributed by atoms with E-state index in [9.17, 15) is 13.6 Å². The van der Waals surface area contributed by atoms with E-state index in [2.05, 4.69) is 5.32 Å². The first-order chi connectivity index (χ1) is 9.59. The van der Waals surface area contributed by atoms with E-state index in [1.807, 2.05) is 0 Å². The number of carbonyl (C=O) groups excluding carboxylic acids is 1. The molecule has 1 amide bonds. The minimum absolute atomic E-state index is 0.196. The number of hydrogen-bond donors (Lipinski definition) is 1. The maximum Gasteiger partial charge on any atom is 0.256 e. The molecule has 0 radical (unpaired) electrons. The third-order valence-corrected chi connectivity index (χ3v) is 3.86. The number of amides is 1.